The number of hydrogen-bond acceptors (Lipinski definition) is 1. The maximum Gasteiger partial charge on any atom is 0.316 e. The largest absolute Gasteiger partial charge is 0.316 e. The van der Waals surface area contributed by atoms with E-state index in [1.54, 1.807) is 0 Å². The van der Waals surface area contributed by atoms with Crippen molar-refractivity contribution in [3.8, 4) is 0 Å². The van der Waals surface area contributed by atoms with Gasteiger partial charge in [0, 0.05) is 0 Å². The van der Waals surface area contributed by atoms with Crippen LogP contribution in [0.2, 0.25) is 0 Å². The van der Waals surface area contributed by atoms with Crippen LogP contribution in [0, 0.1) is 0 Å². The van der Waals surface area contributed by atoms with E-state index in [4.69, 9.17) is 0 Å². The summed E-state index contributed by atoms with van der Waals surface area (Å²) in [6, 6.07) is 0. The van der Waals surface area contributed by atoms with E-state index in [2.05, 4.69) is 16.2 Å². The lowest BCUT2D eigenvalue weighted by Crippen LogP contribution is -1.64. The highest BCUT2D eigenvalue weighted by atomic mass is 35.5. The third-order valence-electron chi connectivity index (χ3n) is 0.109. The van der Waals surface area contributed by atoms with Gasteiger partial charge in [0.25, 0.3) is 0 Å². The van der Waals surface area contributed by atoms with Gasteiger partial charge in [0.15, 0.2) is 0 Å². The van der Waals surface area contributed by atoms with E-state index in [-0.39, 0.29) is 46.1 Å². The van der Waals surface area contributed by atoms with Crippen molar-refractivity contribution in [1.82, 2.24) is 0 Å². The Labute approximate surface area is 75.2 Å². The van der Waals surface area contributed by atoms with Crippen molar-refractivity contribution in [2.75, 3.05) is 6.61 Å². The molecule has 0 aromatic carbocycles. The Morgan fingerprint density at radius 3 is 1.67 bits per heavy atom. The van der Waals surface area contributed by atoms with Crippen LogP contribution in [-0.4, -0.2) is 52.7 Å². The molecule has 0 rings (SSSR count). The first kappa shape index (κ1) is 15.7. The van der Waals surface area contributed by atoms with Crippen molar-refractivity contribution in [3.05, 3.63) is 0 Å². The van der Waals surface area contributed by atoms with Crippen LogP contribution in [0.1, 0.15) is 6.92 Å². The summed E-state index contributed by atoms with van der Waals surface area (Å²) >= 11 is 4.69. The van der Waals surface area contributed by atoms with Crippen LogP contribution in [-0.2, 0) is 4.29 Å². The molecule has 0 saturated carbocycles. The molecule has 4 heteroatoms. The van der Waals surface area contributed by atoms with Crippen molar-refractivity contribution < 1.29 is 4.29 Å². The molecule has 0 atom stereocenters. The molecule has 0 unspecified atom stereocenters. The van der Waals surface area contributed by atoms with E-state index in [1.165, 1.54) is 0 Å². The van der Waals surface area contributed by atoms with E-state index >= 15 is 0 Å². The zero-order valence-corrected chi connectivity index (χ0v) is 3.25. The summed E-state index contributed by atoms with van der Waals surface area (Å²) in [5, 5.41) is 0. The molecule has 0 N–H and O–H groups in total. The monoisotopic (exact) mass is 132 g/mol. The first-order chi connectivity index (χ1) is 1.91. The van der Waals surface area contributed by atoms with Crippen LogP contribution < -0.4 is 0 Å². The van der Waals surface area contributed by atoms with Crippen molar-refractivity contribution in [1.29, 1.82) is 0 Å². The Kier molecular flexibility index (Phi) is 41.4. The highest BCUT2D eigenvalue weighted by Crippen LogP contribution is 1.71. The molecule has 0 aromatic heterocycles. The summed E-state index contributed by atoms with van der Waals surface area (Å²) in [5.74, 6) is 0. The average Bonchev–Trinajstić information content (AvgIpc) is 1.37. The zero-order valence-electron chi connectivity index (χ0n) is 2.49. The molecule has 0 aliphatic heterocycles. The molecule has 0 aromatic rings. The first-order valence-electron chi connectivity index (χ1n) is 1.15. The standard InChI is InChI=1S/C2H5ClO.2Mg.4H/c1-2-4-3;;;;;;/h2H2,1H3;;;;;;. The molecule has 0 radical (unpaired) electrons. The minimum absolute atomic E-state index is 0. The highest BCUT2D eigenvalue weighted by molar-refractivity contribution is 6.07. The van der Waals surface area contributed by atoms with Gasteiger partial charge in [0.05, 0.1) is 18.5 Å². The molecular formula is C2H9ClMg2O. The third kappa shape index (κ3) is 17.1. The molecule has 34 valence electrons. The van der Waals surface area contributed by atoms with Crippen LogP contribution in [0.25, 0.3) is 0 Å². The number of hydrogen-bond donors (Lipinski definition) is 0. The van der Waals surface area contributed by atoms with E-state index in [0.717, 1.165) is 0 Å². The molecule has 0 aliphatic rings. The Hall–Kier alpha value is 1.78. The molecule has 0 amide bonds. The summed E-state index contributed by atoms with van der Waals surface area (Å²) in [7, 11) is 0. The Bertz CT molecular complexity index is 13.5. The first-order valence-corrected chi connectivity index (χ1v) is 1.46. The normalized spacial score (nSPS) is 5.00. The maximum atomic E-state index is 4.69. The Morgan fingerprint density at radius 2 is 1.67 bits per heavy atom. The van der Waals surface area contributed by atoms with Crippen molar-refractivity contribution >= 4 is 58.0 Å². The number of rotatable bonds is 1. The van der Waals surface area contributed by atoms with Crippen molar-refractivity contribution in [2.24, 2.45) is 0 Å². The van der Waals surface area contributed by atoms with Gasteiger partial charge in [-0.1, -0.05) is 0 Å². The molecule has 1 nitrogen and oxygen atoms in total. The quantitative estimate of drug-likeness (QED) is 0.432. The fourth-order valence-electron chi connectivity index (χ4n) is 0. The van der Waals surface area contributed by atoms with Crippen LogP contribution in [0.5, 0.6) is 0 Å². The van der Waals surface area contributed by atoms with Gasteiger partial charge in [-0.15, -0.1) is 0 Å². The molecule has 0 spiro atoms. The fraction of sp³-hybridized carbons (Fsp3) is 1.00. The summed E-state index contributed by atoms with van der Waals surface area (Å²) in [4.78, 5) is 0. The second-order valence-electron chi connectivity index (χ2n) is 0.398. The van der Waals surface area contributed by atoms with Crippen molar-refractivity contribution in [3.63, 3.8) is 0 Å². The number of halogens is 1. The minimum Gasteiger partial charge on any atom is -0.280 e. The zero-order chi connectivity index (χ0) is 3.41. The van der Waals surface area contributed by atoms with Gasteiger partial charge in [0.1, 0.15) is 0 Å². The summed E-state index contributed by atoms with van der Waals surface area (Å²) in [6.07, 6.45) is 0. The fourth-order valence-corrected chi connectivity index (χ4v) is 0. The second kappa shape index (κ2) is 15.9. The predicted molar refractivity (Wildman–Crippen MR) is 34.6 cm³/mol. The van der Waals surface area contributed by atoms with Gasteiger partial charge in [-0.2, -0.15) is 0 Å². The van der Waals surface area contributed by atoms with E-state index < -0.39 is 0 Å². The Balaban J connectivity index is -0.0000000450. The SMILES string of the molecule is CCOCl.[MgH2].[MgH2]. The topological polar surface area (TPSA) is 9.23 Å². The van der Waals surface area contributed by atoms with E-state index in [9.17, 15) is 0 Å². The van der Waals surface area contributed by atoms with Gasteiger partial charge < -0.3 is 0 Å². The van der Waals surface area contributed by atoms with E-state index in [0.29, 0.717) is 6.61 Å². The molecular weight excluding hydrogens is 124 g/mol. The predicted octanol–water partition coefficient (Wildman–Crippen LogP) is -0.656. The summed E-state index contributed by atoms with van der Waals surface area (Å²) in [5.41, 5.74) is 0. The van der Waals surface area contributed by atoms with Gasteiger partial charge in [-0.05, 0) is 6.92 Å². The maximum absolute atomic E-state index is 4.69. The molecule has 0 aliphatic carbocycles. The molecule has 6 heavy (non-hydrogen) atoms. The molecule has 0 heterocycles. The highest BCUT2D eigenvalue weighted by Gasteiger charge is 1.55. The van der Waals surface area contributed by atoms with Gasteiger partial charge in [-0.25, -0.2) is 0 Å². The van der Waals surface area contributed by atoms with Crippen molar-refractivity contribution in [2.45, 2.75) is 6.92 Å². The molecule has 0 bridgehead atoms. The van der Waals surface area contributed by atoms with Crippen LogP contribution in [0.3, 0.4) is 0 Å². The third-order valence-corrected chi connectivity index (χ3v) is 0.327. The summed E-state index contributed by atoms with van der Waals surface area (Å²) < 4.78 is 4.01. The van der Waals surface area contributed by atoms with Crippen LogP contribution >= 0.6 is 11.9 Å². The van der Waals surface area contributed by atoms with Crippen LogP contribution in [0.15, 0.2) is 0 Å². The van der Waals surface area contributed by atoms with E-state index in [1.807, 2.05) is 6.92 Å². The lowest BCUT2D eigenvalue weighted by Gasteiger charge is -1.70. The lowest BCUT2D eigenvalue weighted by atomic mass is 10.9. The minimum atomic E-state index is 0. The summed E-state index contributed by atoms with van der Waals surface area (Å²) in [6.45, 7) is 2.41. The van der Waals surface area contributed by atoms with Gasteiger partial charge >= 0.3 is 46.1 Å². The van der Waals surface area contributed by atoms with Gasteiger partial charge in [0.2, 0.25) is 0 Å². The Morgan fingerprint density at radius 1 is 1.50 bits per heavy atom. The second-order valence-corrected chi connectivity index (χ2v) is 0.616. The average molecular weight is 133 g/mol. The smallest absolute Gasteiger partial charge is 0.280 e. The molecule has 0 saturated heterocycles. The molecule has 0 fully saturated rings. The lowest BCUT2D eigenvalue weighted by molar-refractivity contribution is 0.378. The van der Waals surface area contributed by atoms with Gasteiger partial charge in [-0.3, -0.25) is 4.29 Å². The van der Waals surface area contributed by atoms with Crippen LogP contribution in [0.4, 0.5) is 0 Å².